The molecule has 1 heterocycles. The molecule has 1 aromatic carbocycles. The summed E-state index contributed by atoms with van der Waals surface area (Å²) >= 11 is 5.94. The summed E-state index contributed by atoms with van der Waals surface area (Å²) in [6.45, 7) is 6.52. The lowest BCUT2D eigenvalue weighted by molar-refractivity contribution is 0.321. The van der Waals surface area contributed by atoms with E-state index in [0.29, 0.717) is 5.02 Å². The van der Waals surface area contributed by atoms with Crippen LogP contribution in [0.15, 0.2) is 28.7 Å². The molecule has 0 aliphatic heterocycles. The fourth-order valence-corrected chi connectivity index (χ4v) is 2.16. The second kappa shape index (κ2) is 4.35. The van der Waals surface area contributed by atoms with Gasteiger partial charge in [-0.3, -0.25) is 0 Å². The molecule has 0 bridgehead atoms. The first-order chi connectivity index (χ1) is 7.85. The van der Waals surface area contributed by atoms with Crippen molar-refractivity contribution in [1.29, 1.82) is 0 Å². The number of nitrogens with two attached hydrogens (primary N) is 1. The highest BCUT2D eigenvalue weighted by molar-refractivity contribution is 6.31. The van der Waals surface area contributed by atoms with Gasteiger partial charge in [-0.05, 0) is 36.1 Å². The standard InChI is InChI=1S/C14H18ClNO/c1-14(2,3)8-11(16)13-7-9-6-10(15)4-5-12(9)17-13/h4-7,11H,8,16H2,1-3H3. The van der Waals surface area contributed by atoms with Crippen molar-refractivity contribution in [2.45, 2.75) is 33.2 Å². The van der Waals surface area contributed by atoms with Crippen LogP contribution in [0.2, 0.25) is 5.02 Å². The van der Waals surface area contributed by atoms with Crippen molar-refractivity contribution in [1.82, 2.24) is 0 Å². The number of hydrogen-bond acceptors (Lipinski definition) is 2. The molecule has 0 saturated carbocycles. The summed E-state index contributed by atoms with van der Waals surface area (Å²) in [5.41, 5.74) is 7.19. The Morgan fingerprint density at radius 1 is 1.29 bits per heavy atom. The molecule has 2 rings (SSSR count). The van der Waals surface area contributed by atoms with Crippen LogP contribution in [-0.4, -0.2) is 0 Å². The molecule has 92 valence electrons. The summed E-state index contributed by atoms with van der Waals surface area (Å²) in [5, 5.41) is 1.73. The number of rotatable bonds is 2. The van der Waals surface area contributed by atoms with Gasteiger partial charge in [0.1, 0.15) is 11.3 Å². The van der Waals surface area contributed by atoms with Gasteiger partial charge in [-0.1, -0.05) is 32.4 Å². The van der Waals surface area contributed by atoms with E-state index in [-0.39, 0.29) is 11.5 Å². The third kappa shape index (κ3) is 3.02. The highest BCUT2D eigenvalue weighted by atomic mass is 35.5. The second-order valence-corrected chi connectivity index (χ2v) is 6.14. The molecule has 0 aliphatic carbocycles. The van der Waals surface area contributed by atoms with E-state index >= 15 is 0 Å². The van der Waals surface area contributed by atoms with Gasteiger partial charge in [0.25, 0.3) is 0 Å². The first kappa shape index (κ1) is 12.5. The van der Waals surface area contributed by atoms with Crippen molar-refractivity contribution in [2.24, 2.45) is 11.1 Å². The lowest BCUT2D eigenvalue weighted by atomic mass is 9.87. The third-order valence-corrected chi connectivity index (χ3v) is 2.93. The fraction of sp³-hybridized carbons (Fsp3) is 0.429. The summed E-state index contributed by atoms with van der Waals surface area (Å²) in [5.74, 6) is 0.831. The number of halogens is 1. The van der Waals surface area contributed by atoms with Gasteiger partial charge < -0.3 is 10.2 Å². The smallest absolute Gasteiger partial charge is 0.134 e. The molecule has 1 atom stereocenters. The molecule has 1 unspecified atom stereocenters. The van der Waals surface area contributed by atoms with Crippen LogP contribution in [0, 0.1) is 5.41 Å². The molecule has 17 heavy (non-hydrogen) atoms. The molecular formula is C14H18ClNO. The molecule has 1 aromatic heterocycles. The summed E-state index contributed by atoms with van der Waals surface area (Å²) in [6, 6.07) is 7.52. The topological polar surface area (TPSA) is 39.2 Å². The van der Waals surface area contributed by atoms with Crippen LogP contribution in [0.25, 0.3) is 11.0 Å². The zero-order chi connectivity index (χ0) is 12.6. The lowest BCUT2D eigenvalue weighted by Gasteiger charge is -2.21. The highest BCUT2D eigenvalue weighted by Gasteiger charge is 2.19. The summed E-state index contributed by atoms with van der Waals surface area (Å²) in [6.07, 6.45) is 0.889. The Morgan fingerprint density at radius 3 is 2.65 bits per heavy atom. The molecule has 0 saturated heterocycles. The van der Waals surface area contributed by atoms with Gasteiger partial charge in [0, 0.05) is 10.4 Å². The van der Waals surface area contributed by atoms with Crippen LogP contribution in [0.5, 0.6) is 0 Å². The molecule has 0 amide bonds. The van der Waals surface area contributed by atoms with E-state index in [2.05, 4.69) is 20.8 Å². The van der Waals surface area contributed by atoms with Gasteiger partial charge in [0.05, 0.1) is 6.04 Å². The van der Waals surface area contributed by atoms with Crippen LogP contribution in [0.3, 0.4) is 0 Å². The maximum atomic E-state index is 6.16. The number of benzene rings is 1. The van der Waals surface area contributed by atoms with Crippen molar-refractivity contribution in [3.05, 3.63) is 35.0 Å². The maximum absolute atomic E-state index is 6.16. The SMILES string of the molecule is CC(C)(C)CC(N)c1cc2cc(Cl)ccc2o1. The largest absolute Gasteiger partial charge is 0.459 e. The van der Waals surface area contributed by atoms with Crippen molar-refractivity contribution in [2.75, 3.05) is 0 Å². The Labute approximate surface area is 107 Å². The molecule has 0 aliphatic rings. The van der Waals surface area contributed by atoms with E-state index in [0.717, 1.165) is 23.2 Å². The zero-order valence-electron chi connectivity index (χ0n) is 10.5. The molecule has 2 nitrogen and oxygen atoms in total. The predicted molar refractivity (Wildman–Crippen MR) is 72.2 cm³/mol. The highest BCUT2D eigenvalue weighted by Crippen LogP contribution is 2.31. The van der Waals surface area contributed by atoms with Gasteiger partial charge in [-0.2, -0.15) is 0 Å². The average molecular weight is 252 g/mol. The minimum Gasteiger partial charge on any atom is -0.459 e. The van der Waals surface area contributed by atoms with Crippen molar-refractivity contribution < 1.29 is 4.42 Å². The quantitative estimate of drug-likeness (QED) is 0.852. The monoisotopic (exact) mass is 251 g/mol. The normalized spacial score (nSPS) is 14.2. The summed E-state index contributed by atoms with van der Waals surface area (Å²) in [7, 11) is 0. The minimum absolute atomic E-state index is 0.0684. The molecule has 2 N–H and O–H groups in total. The van der Waals surface area contributed by atoms with E-state index in [4.69, 9.17) is 21.8 Å². The van der Waals surface area contributed by atoms with Crippen molar-refractivity contribution in [3.8, 4) is 0 Å². The number of fused-ring (bicyclic) bond motifs is 1. The van der Waals surface area contributed by atoms with E-state index in [1.54, 1.807) is 0 Å². The van der Waals surface area contributed by atoms with Crippen LogP contribution < -0.4 is 5.73 Å². The summed E-state index contributed by atoms with van der Waals surface area (Å²) in [4.78, 5) is 0. The van der Waals surface area contributed by atoms with Crippen molar-refractivity contribution in [3.63, 3.8) is 0 Å². The van der Waals surface area contributed by atoms with Crippen LogP contribution in [0.4, 0.5) is 0 Å². The third-order valence-electron chi connectivity index (χ3n) is 2.70. The Kier molecular flexibility index (Phi) is 3.19. The van der Waals surface area contributed by atoms with E-state index < -0.39 is 0 Å². The predicted octanol–water partition coefficient (Wildman–Crippen LogP) is 4.52. The van der Waals surface area contributed by atoms with Gasteiger partial charge in [-0.15, -0.1) is 0 Å². The summed E-state index contributed by atoms with van der Waals surface area (Å²) < 4.78 is 5.75. The zero-order valence-corrected chi connectivity index (χ0v) is 11.2. The van der Waals surface area contributed by atoms with Crippen LogP contribution >= 0.6 is 11.6 Å². The average Bonchev–Trinajstić information content (AvgIpc) is 2.57. The Balaban J connectivity index is 2.30. The van der Waals surface area contributed by atoms with E-state index in [1.807, 2.05) is 24.3 Å². The molecule has 2 aromatic rings. The minimum atomic E-state index is -0.0684. The Morgan fingerprint density at radius 2 is 2.00 bits per heavy atom. The van der Waals surface area contributed by atoms with E-state index in [1.165, 1.54) is 0 Å². The second-order valence-electron chi connectivity index (χ2n) is 5.70. The van der Waals surface area contributed by atoms with Gasteiger partial charge in [0.2, 0.25) is 0 Å². The van der Waals surface area contributed by atoms with E-state index in [9.17, 15) is 0 Å². The van der Waals surface area contributed by atoms with Crippen LogP contribution in [0.1, 0.15) is 39.0 Å². The molecule has 0 spiro atoms. The molecule has 0 radical (unpaired) electrons. The fourth-order valence-electron chi connectivity index (χ4n) is 1.98. The first-order valence-electron chi connectivity index (χ1n) is 5.80. The van der Waals surface area contributed by atoms with Gasteiger partial charge in [0.15, 0.2) is 0 Å². The maximum Gasteiger partial charge on any atom is 0.134 e. The lowest BCUT2D eigenvalue weighted by Crippen LogP contribution is -2.18. The number of hydrogen-bond donors (Lipinski definition) is 1. The van der Waals surface area contributed by atoms with Gasteiger partial charge in [-0.25, -0.2) is 0 Å². The number of furan rings is 1. The van der Waals surface area contributed by atoms with Crippen LogP contribution in [-0.2, 0) is 0 Å². The molecule has 3 heteroatoms. The van der Waals surface area contributed by atoms with Gasteiger partial charge >= 0.3 is 0 Å². The Bertz CT molecular complexity index is 524. The molecule has 0 fully saturated rings. The first-order valence-corrected chi connectivity index (χ1v) is 6.17. The van der Waals surface area contributed by atoms with Crippen molar-refractivity contribution >= 4 is 22.6 Å². The molecular weight excluding hydrogens is 234 g/mol. The Hall–Kier alpha value is -0.990.